The van der Waals surface area contributed by atoms with E-state index in [9.17, 15) is 40.2 Å². The molecule has 0 heterocycles. The molecule has 8 rings (SSSR count). The summed E-state index contributed by atoms with van der Waals surface area (Å²) >= 11 is 0. The summed E-state index contributed by atoms with van der Waals surface area (Å²) in [5.74, 6) is -2.75. The fraction of sp³-hybridized carbons (Fsp3) is 0.0667. The van der Waals surface area contributed by atoms with Gasteiger partial charge in [-0.2, -0.15) is 0 Å². The molecule has 8 aromatic rings. The number of phenols is 6. The standard InChI is InChI=1S/C30H16O8.K.H/c1-7-3-9(31)19-23-15(7)16-8(2)4-10(32)20-24(16)28-26-18(12(34)6-14(36)22(26)30(20)38)17-11(33)5-13(35)21(29(19)37)25(17)27(23)28;;/h3-6,33-38H,1-2H3;;/q;+1;-1. The second-order valence-electron chi connectivity index (χ2n) is 10.2. The smallest absolute Gasteiger partial charge is 1.00 e. The fourth-order valence-electron chi connectivity index (χ4n) is 6.98. The molecule has 186 valence electrons. The molecule has 9 heteroatoms. The minimum Gasteiger partial charge on any atom is -1.00 e. The van der Waals surface area contributed by atoms with E-state index >= 15 is 0 Å². The summed E-state index contributed by atoms with van der Waals surface area (Å²) in [5.41, 5.74) is 0.175. The molecule has 0 aliphatic carbocycles. The van der Waals surface area contributed by atoms with Crippen molar-refractivity contribution in [3.8, 4) is 34.5 Å². The molecular weight excluding hydrogens is 527 g/mol. The predicted molar refractivity (Wildman–Crippen MR) is 147 cm³/mol. The molecule has 0 aliphatic heterocycles. The third-order valence-electron chi connectivity index (χ3n) is 8.25. The van der Waals surface area contributed by atoms with E-state index in [-0.39, 0.29) is 95.9 Å². The molecule has 0 amide bonds. The predicted octanol–water partition coefficient (Wildman–Crippen LogP) is 2.20. The SMILES string of the molecule is Cc1cc(=O)c2c(O)c3c(O)cc(O)c4c5c(O)cc(O)c6c(O)c7c(=O)cc(C)c8c1c2c(c34)c(c65)c78.[H-].[K+]. The van der Waals surface area contributed by atoms with Crippen molar-refractivity contribution in [3.63, 3.8) is 0 Å². The van der Waals surface area contributed by atoms with Crippen LogP contribution < -0.4 is 62.2 Å². The van der Waals surface area contributed by atoms with Gasteiger partial charge in [-0.3, -0.25) is 9.59 Å². The number of phenolic OH excluding ortho intramolecular Hbond substituents is 6. The summed E-state index contributed by atoms with van der Waals surface area (Å²) < 4.78 is 0. The molecule has 0 saturated heterocycles. The van der Waals surface area contributed by atoms with Gasteiger partial charge in [-0.15, -0.1) is 0 Å². The first-order valence-electron chi connectivity index (χ1n) is 11.8. The Morgan fingerprint density at radius 3 is 1.05 bits per heavy atom. The van der Waals surface area contributed by atoms with Crippen LogP contribution in [0.4, 0.5) is 0 Å². The Hall–Kier alpha value is -3.60. The summed E-state index contributed by atoms with van der Waals surface area (Å²) in [6, 6.07) is 4.77. The molecule has 8 nitrogen and oxygen atoms in total. The van der Waals surface area contributed by atoms with E-state index in [1.165, 1.54) is 12.1 Å². The summed E-state index contributed by atoms with van der Waals surface area (Å²) in [6.45, 7) is 3.47. The Bertz CT molecular complexity index is 2350. The van der Waals surface area contributed by atoms with Crippen molar-refractivity contribution < 1.29 is 83.5 Å². The van der Waals surface area contributed by atoms with E-state index < -0.39 is 45.4 Å². The first-order chi connectivity index (χ1) is 18.0. The van der Waals surface area contributed by atoms with Crippen molar-refractivity contribution in [2.24, 2.45) is 0 Å². The number of aromatic hydroxyl groups is 6. The summed E-state index contributed by atoms with van der Waals surface area (Å²) in [4.78, 5) is 26.7. The van der Waals surface area contributed by atoms with Crippen molar-refractivity contribution in [2.45, 2.75) is 13.8 Å². The molecular formula is C30H17KO8. The van der Waals surface area contributed by atoms with Gasteiger partial charge in [0.1, 0.15) is 34.5 Å². The monoisotopic (exact) mass is 544 g/mol. The maximum absolute atomic E-state index is 13.4. The Balaban J connectivity index is 0.00000145. The summed E-state index contributed by atoms with van der Waals surface area (Å²) in [6.07, 6.45) is 0. The van der Waals surface area contributed by atoms with E-state index in [2.05, 4.69) is 0 Å². The topological polar surface area (TPSA) is 156 Å². The van der Waals surface area contributed by atoms with Crippen LogP contribution in [0.15, 0.2) is 33.9 Å². The van der Waals surface area contributed by atoms with Crippen LogP contribution in [0.1, 0.15) is 12.6 Å². The van der Waals surface area contributed by atoms with Crippen LogP contribution in [0.3, 0.4) is 0 Å². The molecule has 39 heavy (non-hydrogen) atoms. The van der Waals surface area contributed by atoms with Gasteiger partial charge in [0, 0.05) is 55.2 Å². The second kappa shape index (κ2) is 7.32. The Labute approximate surface area is 260 Å². The quantitative estimate of drug-likeness (QED) is 0.0965. The Morgan fingerprint density at radius 2 is 0.692 bits per heavy atom. The number of aryl methyl sites for hydroxylation is 2. The molecule has 0 radical (unpaired) electrons. The molecule has 0 aromatic heterocycles. The number of benzene rings is 8. The van der Waals surface area contributed by atoms with Crippen LogP contribution in [-0.2, 0) is 0 Å². The van der Waals surface area contributed by atoms with Crippen LogP contribution in [0, 0.1) is 13.8 Å². The molecule has 0 bridgehead atoms. The second-order valence-corrected chi connectivity index (χ2v) is 10.2. The molecule has 6 N–H and O–H groups in total. The summed E-state index contributed by atoms with van der Waals surface area (Å²) in [5, 5.41) is 69.6. The zero-order chi connectivity index (χ0) is 26.7. The van der Waals surface area contributed by atoms with Gasteiger partial charge in [-0.1, -0.05) is 0 Å². The van der Waals surface area contributed by atoms with Crippen molar-refractivity contribution in [3.05, 3.63) is 55.8 Å². The van der Waals surface area contributed by atoms with Crippen LogP contribution >= 0.6 is 0 Å². The van der Waals surface area contributed by atoms with Crippen molar-refractivity contribution in [1.29, 1.82) is 0 Å². The number of hydrogen-bond acceptors (Lipinski definition) is 8. The molecule has 0 spiro atoms. The van der Waals surface area contributed by atoms with Crippen LogP contribution in [0.5, 0.6) is 34.5 Å². The van der Waals surface area contributed by atoms with Crippen LogP contribution in [-0.4, -0.2) is 30.6 Å². The van der Waals surface area contributed by atoms with Gasteiger partial charge in [0.15, 0.2) is 10.9 Å². The third-order valence-corrected chi connectivity index (χ3v) is 8.25. The number of hydrogen-bond donors (Lipinski definition) is 6. The fourth-order valence-corrected chi connectivity index (χ4v) is 6.98. The van der Waals surface area contributed by atoms with Crippen molar-refractivity contribution in [2.75, 3.05) is 0 Å². The Kier molecular flexibility index (Phi) is 4.59. The van der Waals surface area contributed by atoms with E-state index in [1.54, 1.807) is 13.8 Å². The minimum atomic E-state index is -0.483. The zero-order valence-electron chi connectivity index (χ0n) is 21.8. The molecule has 0 fully saturated rings. The van der Waals surface area contributed by atoms with Gasteiger partial charge in [0.25, 0.3) is 0 Å². The van der Waals surface area contributed by atoms with Gasteiger partial charge < -0.3 is 32.1 Å². The van der Waals surface area contributed by atoms with E-state index in [1.807, 2.05) is 0 Å². The first kappa shape index (κ1) is 24.4. The number of fused-ring (bicyclic) bond motifs is 2. The van der Waals surface area contributed by atoms with Crippen molar-refractivity contribution >= 4 is 75.4 Å². The van der Waals surface area contributed by atoms with Gasteiger partial charge in [0.2, 0.25) is 0 Å². The minimum absolute atomic E-state index is 0. The molecule has 0 unspecified atom stereocenters. The molecule has 0 saturated carbocycles. The molecule has 0 aliphatic rings. The first-order valence-corrected chi connectivity index (χ1v) is 11.8. The molecule has 8 aromatic carbocycles. The van der Waals surface area contributed by atoms with Gasteiger partial charge >= 0.3 is 51.4 Å². The van der Waals surface area contributed by atoms with E-state index in [0.29, 0.717) is 43.4 Å². The summed E-state index contributed by atoms with van der Waals surface area (Å²) in [7, 11) is 0. The maximum Gasteiger partial charge on any atom is 1.00 e. The zero-order valence-corrected chi connectivity index (χ0v) is 23.9. The van der Waals surface area contributed by atoms with E-state index in [0.717, 1.165) is 12.1 Å². The average molecular weight is 545 g/mol. The van der Waals surface area contributed by atoms with E-state index in [4.69, 9.17) is 0 Å². The largest absolute Gasteiger partial charge is 1.00 e. The molecule has 0 atom stereocenters. The van der Waals surface area contributed by atoms with Gasteiger partial charge in [-0.25, -0.2) is 0 Å². The van der Waals surface area contributed by atoms with Crippen molar-refractivity contribution in [1.82, 2.24) is 0 Å². The van der Waals surface area contributed by atoms with Crippen LogP contribution in [0.25, 0.3) is 75.4 Å². The van der Waals surface area contributed by atoms with Gasteiger partial charge in [-0.05, 0) is 47.9 Å². The third kappa shape index (κ3) is 2.49. The average Bonchev–Trinajstić information content (AvgIpc) is 2.82. The van der Waals surface area contributed by atoms with Gasteiger partial charge in [0.05, 0.1) is 21.5 Å². The maximum atomic E-state index is 13.4. The van der Waals surface area contributed by atoms with Crippen LogP contribution in [0.2, 0.25) is 0 Å². The Morgan fingerprint density at radius 1 is 0.410 bits per heavy atom. The number of rotatable bonds is 0. The normalized spacial score (nSPS) is 12.5.